The number of hydrogen-bond acceptors (Lipinski definition) is 7. The third-order valence-electron chi connectivity index (χ3n) is 5.11. The molecule has 3 heterocycles. The van der Waals surface area contributed by atoms with Gasteiger partial charge in [0.15, 0.2) is 0 Å². The average molecular weight is 492 g/mol. The molecule has 1 aromatic carbocycles. The van der Waals surface area contributed by atoms with Gasteiger partial charge >= 0.3 is 0 Å². The zero-order chi connectivity index (χ0) is 22.7. The van der Waals surface area contributed by atoms with Crippen LogP contribution in [0, 0.1) is 0 Å². The molecule has 0 spiro atoms. The van der Waals surface area contributed by atoms with Crippen molar-refractivity contribution in [3.05, 3.63) is 57.1 Å². The van der Waals surface area contributed by atoms with Crippen molar-refractivity contribution in [3.63, 3.8) is 0 Å². The van der Waals surface area contributed by atoms with Crippen LogP contribution in [0.3, 0.4) is 0 Å². The highest BCUT2D eigenvalue weighted by Crippen LogP contribution is 2.32. The van der Waals surface area contributed by atoms with Crippen molar-refractivity contribution >= 4 is 56.3 Å². The van der Waals surface area contributed by atoms with Gasteiger partial charge in [-0.2, -0.15) is 4.31 Å². The Hall–Kier alpha value is -2.47. The maximum atomic E-state index is 12.7. The van der Waals surface area contributed by atoms with Gasteiger partial charge in [-0.25, -0.2) is 8.42 Å². The third-order valence-corrected chi connectivity index (χ3v) is 8.73. The number of amides is 3. The molecule has 8 nitrogen and oxygen atoms in total. The van der Waals surface area contributed by atoms with Crippen LogP contribution in [0.2, 0.25) is 0 Å². The Morgan fingerprint density at radius 3 is 2.62 bits per heavy atom. The molecule has 0 radical (unpaired) electrons. The molecule has 3 amide bonds. The van der Waals surface area contributed by atoms with Gasteiger partial charge in [-0.05, 0) is 60.3 Å². The van der Waals surface area contributed by atoms with Crippen molar-refractivity contribution in [1.82, 2.24) is 14.5 Å². The van der Waals surface area contributed by atoms with Gasteiger partial charge < -0.3 is 5.32 Å². The van der Waals surface area contributed by atoms with E-state index in [0.29, 0.717) is 18.0 Å². The van der Waals surface area contributed by atoms with Gasteiger partial charge in [0.25, 0.3) is 17.1 Å². The van der Waals surface area contributed by atoms with Crippen LogP contribution >= 0.6 is 23.1 Å². The van der Waals surface area contributed by atoms with Crippen molar-refractivity contribution < 1.29 is 22.8 Å². The minimum absolute atomic E-state index is 0.0317. The molecule has 0 atom stereocenters. The summed E-state index contributed by atoms with van der Waals surface area (Å²) in [6.45, 7) is 1.06. The smallest absolute Gasteiger partial charge is 0.293 e. The summed E-state index contributed by atoms with van der Waals surface area (Å²) in [5.74, 6) is -0.856. The standard InChI is InChI=1S/C21H21N3O5S3/c25-19(15-5-3-7-17(13-15)32(28,29)23-9-1-2-10-23)22-8-11-24-20(26)18(31-21(24)27)14-16-6-4-12-30-16/h3-7,12-14H,1-2,8-11H2,(H,22,25)/b18-14+. The second kappa shape index (κ2) is 9.57. The highest BCUT2D eigenvalue weighted by atomic mass is 32.2. The van der Waals surface area contributed by atoms with E-state index in [0.717, 1.165) is 34.4 Å². The molecule has 2 aliphatic rings. The zero-order valence-electron chi connectivity index (χ0n) is 17.0. The second-order valence-corrected chi connectivity index (χ2v) is 11.2. The van der Waals surface area contributed by atoms with E-state index in [-0.39, 0.29) is 34.7 Å². The lowest BCUT2D eigenvalue weighted by Gasteiger charge is -2.16. The normalized spacial score (nSPS) is 18.6. The van der Waals surface area contributed by atoms with Gasteiger partial charge in [-0.3, -0.25) is 19.3 Å². The number of nitrogens with zero attached hydrogens (tertiary/aromatic N) is 2. The van der Waals surface area contributed by atoms with Crippen molar-refractivity contribution in [1.29, 1.82) is 0 Å². The lowest BCUT2D eigenvalue weighted by Crippen LogP contribution is -2.37. The number of imide groups is 1. The molecule has 4 rings (SSSR count). The largest absolute Gasteiger partial charge is 0.350 e. The van der Waals surface area contributed by atoms with Crippen LogP contribution in [-0.2, 0) is 14.8 Å². The van der Waals surface area contributed by atoms with E-state index in [1.807, 2.05) is 17.5 Å². The average Bonchev–Trinajstić information content (AvgIpc) is 3.54. The van der Waals surface area contributed by atoms with Crippen LogP contribution < -0.4 is 5.32 Å². The Bertz CT molecular complexity index is 1170. The van der Waals surface area contributed by atoms with E-state index in [4.69, 9.17) is 0 Å². The molecule has 0 aliphatic carbocycles. The number of hydrogen-bond donors (Lipinski definition) is 1. The first-order valence-electron chi connectivity index (χ1n) is 10.0. The fourth-order valence-electron chi connectivity index (χ4n) is 3.45. The van der Waals surface area contributed by atoms with Gasteiger partial charge in [0.1, 0.15) is 0 Å². The molecular weight excluding hydrogens is 470 g/mol. The summed E-state index contributed by atoms with van der Waals surface area (Å²) < 4.78 is 26.9. The molecule has 168 valence electrons. The molecule has 2 fully saturated rings. The quantitative estimate of drug-likeness (QED) is 0.597. The molecule has 1 aromatic heterocycles. The minimum Gasteiger partial charge on any atom is -0.350 e. The Kier molecular flexibility index (Phi) is 6.79. The van der Waals surface area contributed by atoms with E-state index >= 15 is 0 Å². The fourth-order valence-corrected chi connectivity index (χ4v) is 6.61. The van der Waals surface area contributed by atoms with E-state index in [2.05, 4.69) is 5.32 Å². The van der Waals surface area contributed by atoms with Gasteiger partial charge in [0, 0.05) is 36.6 Å². The lowest BCUT2D eigenvalue weighted by atomic mass is 10.2. The Balaban J connectivity index is 1.36. The highest BCUT2D eigenvalue weighted by molar-refractivity contribution is 8.18. The van der Waals surface area contributed by atoms with Crippen molar-refractivity contribution in [2.24, 2.45) is 0 Å². The molecule has 0 saturated carbocycles. The maximum Gasteiger partial charge on any atom is 0.293 e. The van der Waals surface area contributed by atoms with Crippen molar-refractivity contribution in [2.75, 3.05) is 26.2 Å². The number of carbonyl (C=O) groups excluding carboxylic acids is 3. The summed E-state index contributed by atoms with van der Waals surface area (Å²) in [6.07, 6.45) is 3.34. The summed E-state index contributed by atoms with van der Waals surface area (Å²) in [5.41, 5.74) is 0.206. The molecule has 32 heavy (non-hydrogen) atoms. The van der Waals surface area contributed by atoms with Gasteiger partial charge in [-0.1, -0.05) is 12.1 Å². The summed E-state index contributed by atoms with van der Waals surface area (Å²) in [6, 6.07) is 9.61. The molecule has 11 heteroatoms. The Labute approximate surface area is 194 Å². The molecule has 0 bridgehead atoms. The molecule has 1 N–H and O–H groups in total. The number of thioether (sulfide) groups is 1. The minimum atomic E-state index is -3.62. The van der Waals surface area contributed by atoms with Crippen LogP contribution in [0.5, 0.6) is 0 Å². The molecular formula is C21H21N3O5S3. The highest BCUT2D eigenvalue weighted by Gasteiger charge is 2.34. The Morgan fingerprint density at radius 2 is 1.91 bits per heavy atom. The fraction of sp³-hybridized carbons (Fsp3) is 0.286. The SMILES string of the molecule is O=C(NCCN1C(=O)S/C(=C/c2cccs2)C1=O)c1cccc(S(=O)(=O)N2CCCC2)c1. The van der Waals surface area contributed by atoms with Crippen molar-refractivity contribution in [2.45, 2.75) is 17.7 Å². The number of rotatable bonds is 7. The third kappa shape index (κ3) is 4.80. The summed E-state index contributed by atoms with van der Waals surface area (Å²) in [7, 11) is -3.62. The van der Waals surface area contributed by atoms with Crippen LogP contribution in [-0.4, -0.2) is 60.9 Å². The monoisotopic (exact) mass is 491 g/mol. The summed E-state index contributed by atoms with van der Waals surface area (Å²) in [4.78, 5) is 39.6. The van der Waals surface area contributed by atoms with Gasteiger partial charge in [0.05, 0.1) is 9.80 Å². The molecule has 2 aliphatic heterocycles. The first-order valence-corrected chi connectivity index (χ1v) is 13.2. The van der Waals surface area contributed by atoms with Crippen LogP contribution in [0.4, 0.5) is 4.79 Å². The zero-order valence-corrected chi connectivity index (χ0v) is 19.5. The topological polar surface area (TPSA) is 104 Å². The number of thiophene rings is 1. The van der Waals surface area contributed by atoms with Gasteiger partial charge in [-0.15, -0.1) is 11.3 Å². The number of benzene rings is 1. The Morgan fingerprint density at radius 1 is 1.12 bits per heavy atom. The van der Waals surface area contributed by atoms with E-state index in [9.17, 15) is 22.8 Å². The number of carbonyl (C=O) groups is 3. The number of nitrogens with one attached hydrogen (secondary N) is 1. The van der Waals surface area contributed by atoms with Crippen LogP contribution in [0.1, 0.15) is 28.1 Å². The lowest BCUT2D eigenvalue weighted by molar-refractivity contribution is -0.122. The predicted molar refractivity (Wildman–Crippen MR) is 124 cm³/mol. The van der Waals surface area contributed by atoms with Crippen LogP contribution in [0.25, 0.3) is 6.08 Å². The summed E-state index contributed by atoms with van der Waals surface area (Å²) in [5, 5.41) is 4.16. The first kappa shape index (κ1) is 22.7. The second-order valence-electron chi connectivity index (χ2n) is 7.24. The molecule has 2 saturated heterocycles. The predicted octanol–water partition coefficient (Wildman–Crippen LogP) is 3.00. The van der Waals surface area contributed by atoms with Crippen LogP contribution in [0.15, 0.2) is 51.6 Å². The van der Waals surface area contributed by atoms with Crippen molar-refractivity contribution in [3.8, 4) is 0 Å². The first-order chi connectivity index (χ1) is 15.4. The van der Waals surface area contributed by atoms with E-state index in [1.54, 1.807) is 6.08 Å². The number of sulfonamides is 1. The van der Waals surface area contributed by atoms with Gasteiger partial charge in [0.2, 0.25) is 10.0 Å². The van der Waals surface area contributed by atoms with E-state index < -0.39 is 15.9 Å². The maximum absolute atomic E-state index is 12.7. The summed E-state index contributed by atoms with van der Waals surface area (Å²) >= 11 is 2.34. The molecule has 0 unspecified atom stereocenters. The molecule has 2 aromatic rings. The van der Waals surface area contributed by atoms with E-state index in [1.165, 1.54) is 39.9 Å².